The number of ether oxygens (including phenoxy) is 1. The average Bonchev–Trinajstić information content (AvgIpc) is 1.27. The van der Waals surface area contributed by atoms with Crippen LogP contribution in [0.15, 0.2) is 243 Å². The van der Waals surface area contributed by atoms with E-state index in [-0.39, 0.29) is 5.82 Å². The molecule has 0 radical (unpaired) electrons. The van der Waals surface area contributed by atoms with Crippen LogP contribution in [0.5, 0.6) is 11.5 Å². The third-order valence-corrected chi connectivity index (χ3v) is 18.4. The molecule has 6 nitrogen and oxygen atoms in total. The summed E-state index contributed by atoms with van der Waals surface area (Å²) in [6.07, 6.45) is 0. The lowest BCUT2D eigenvalue weighted by atomic mass is 9.30. The highest BCUT2D eigenvalue weighted by Gasteiger charge is 2.49. The van der Waals surface area contributed by atoms with Crippen molar-refractivity contribution in [2.45, 2.75) is 13.8 Å². The van der Waals surface area contributed by atoms with Crippen LogP contribution in [0, 0.1) is 31.3 Å². The summed E-state index contributed by atoms with van der Waals surface area (Å²) in [4.78, 5) is 6.18. The highest BCUT2D eigenvalue weighted by atomic mass is 19.1. The number of fused-ring (bicyclic) bond motifs is 14. The number of halogens is 3. The molecule has 0 N–H and O–H groups in total. The molecule has 11 heteroatoms. The molecule has 0 bridgehead atoms. The summed E-state index contributed by atoms with van der Waals surface area (Å²) in [7, 11) is 0. The highest BCUT2D eigenvalue weighted by Crippen LogP contribution is 2.51. The van der Waals surface area contributed by atoms with Gasteiger partial charge in [-0.25, -0.2) is 13.2 Å². The Balaban J connectivity index is 0.981. The number of nitrogens with zero attached hydrogens (tertiary/aromatic N) is 5. The van der Waals surface area contributed by atoms with Crippen LogP contribution in [0.25, 0.3) is 55.0 Å². The van der Waals surface area contributed by atoms with Gasteiger partial charge in [0.25, 0.3) is 13.4 Å². The lowest BCUT2D eigenvalue weighted by molar-refractivity contribution is 0.487. The van der Waals surface area contributed by atoms with E-state index in [4.69, 9.17) is 4.74 Å². The predicted molar refractivity (Wildman–Crippen MR) is 344 cm³/mol. The van der Waals surface area contributed by atoms with Gasteiger partial charge in [-0.2, -0.15) is 0 Å². The molecule has 6 heterocycles. The molecular weight excluding hydrogens is 1050 g/mol. The molecule has 85 heavy (non-hydrogen) atoms. The van der Waals surface area contributed by atoms with Crippen LogP contribution in [0.2, 0.25) is 0 Å². The SMILES string of the molecule is Cc1cccc2c1c1ccccc1n2-c1cc2c3c(c1)N(c1ccccc1F)c1cc4c(cc1B3c1ccccc1O2)B1c2ccccc2N(c2ccccc2F)c2cc(-n3c5ccccc5c5c(C)cccc53)cc(c21)N4c1ccccc1F. The van der Waals surface area contributed by atoms with Crippen molar-refractivity contribution in [3.63, 3.8) is 0 Å². The number of para-hydroxylation sites is 7. The second-order valence-electron chi connectivity index (χ2n) is 22.8. The largest absolute Gasteiger partial charge is 0.458 e. The summed E-state index contributed by atoms with van der Waals surface area (Å²) in [5, 5.41) is 4.51. The molecule has 0 aliphatic carbocycles. The average molecular weight is 1100 g/mol. The van der Waals surface area contributed by atoms with Gasteiger partial charge >= 0.3 is 0 Å². The van der Waals surface area contributed by atoms with Crippen molar-refractivity contribution in [1.82, 2.24) is 9.13 Å². The zero-order valence-electron chi connectivity index (χ0n) is 46.0. The van der Waals surface area contributed by atoms with Crippen molar-refractivity contribution < 1.29 is 17.9 Å². The second-order valence-corrected chi connectivity index (χ2v) is 22.8. The normalized spacial score (nSPS) is 13.4. The first kappa shape index (κ1) is 47.9. The molecule has 18 rings (SSSR count). The van der Waals surface area contributed by atoms with Crippen LogP contribution >= 0.6 is 0 Å². The van der Waals surface area contributed by atoms with Crippen LogP contribution in [0.4, 0.5) is 64.4 Å². The van der Waals surface area contributed by atoms with Gasteiger partial charge in [-0.1, -0.05) is 140 Å². The van der Waals surface area contributed by atoms with Crippen molar-refractivity contribution in [3.05, 3.63) is 271 Å². The van der Waals surface area contributed by atoms with Gasteiger partial charge in [-0.05, 0) is 155 Å². The fourth-order valence-electron chi connectivity index (χ4n) is 15.0. The minimum Gasteiger partial charge on any atom is -0.458 e. The fraction of sp³-hybridized carbons (Fsp3) is 0.0270. The smallest absolute Gasteiger partial charge is 0.256 e. The number of benzene rings is 12. The van der Waals surface area contributed by atoms with Crippen molar-refractivity contribution in [2.24, 2.45) is 0 Å². The summed E-state index contributed by atoms with van der Waals surface area (Å²) in [6, 6.07) is 80.2. The summed E-state index contributed by atoms with van der Waals surface area (Å²) in [5.41, 5.74) is 19.2. The van der Waals surface area contributed by atoms with Gasteiger partial charge in [0.1, 0.15) is 29.0 Å². The van der Waals surface area contributed by atoms with E-state index in [9.17, 15) is 0 Å². The molecule has 0 spiro atoms. The lowest BCUT2D eigenvalue weighted by Crippen LogP contribution is -2.64. The van der Waals surface area contributed by atoms with Crippen LogP contribution in [-0.2, 0) is 0 Å². The number of hydrogen-bond donors (Lipinski definition) is 0. The summed E-state index contributed by atoms with van der Waals surface area (Å²) in [5.74, 6) is 0.173. The van der Waals surface area contributed by atoms with Gasteiger partial charge in [0.05, 0.1) is 50.5 Å². The molecule has 4 aliphatic rings. The Morgan fingerprint density at radius 1 is 0.306 bits per heavy atom. The van der Waals surface area contributed by atoms with Gasteiger partial charge in [-0.3, -0.25) is 0 Å². The van der Waals surface area contributed by atoms with Crippen molar-refractivity contribution in [1.29, 1.82) is 0 Å². The molecule has 0 atom stereocenters. The Hall–Kier alpha value is -10.6. The molecule has 4 aliphatic heterocycles. The van der Waals surface area contributed by atoms with E-state index in [1.165, 1.54) is 18.2 Å². The number of aromatic nitrogens is 2. The van der Waals surface area contributed by atoms with E-state index in [2.05, 4.69) is 183 Å². The Kier molecular flexibility index (Phi) is 9.98. The first-order chi connectivity index (χ1) is 41.8. The molecule has 0 unspecified atom stereocenters. The van der Waals surface area contributed by atoms with E-state index >= 15 is 13.2 Å². The van der Waals surface area contributed by atoms with Gasteiger partial charge in [0.2, 0.25) is 0 Å². The topological polar surface area (TPSA) is 28.8 Å². The van der Waals surface area contributed by atoms with E-state index in [0.717, 1.165) is 139 Å². The third-order valence-electron chi connectivity index (χ3n) is 18.4. The van der Waals surface area contributed by atoms with Gasteiger partial charge in [0, 0.05) is 61.7 Å². The molecule has 0 fully saturated rings. The maximum atomic E-state index is 17.6. The van der Waals surface area contributed by atoms with E-state index in [0.29, 0.717) is 22.8 Å². The zero-order valence-corrected chi connectivity index (χ0v) is 46.0. The first-order valence-corrected chi connectivity index (χ1v) is 28.8. The molecule has 14 aromatic rings. The lowest BCUT2D eigenvalue weighted by Gasteiger charge is -2.46. The summed E-state index contributed by atoms with van der Waals surface area (Å²) in [6.45, 7) is 3.44. The van der Waals surface area contributed by atoms with Crippen LogP contribution < -0.4 is 52.2 Å². The molecule has 0 amide bonds. The highest BCUT2D eigenvalue weighted by molar-refractivity contribution is 7.02. The predicted octanol–water partition coefficient (Wildman–Crippen LogP) is 15.4. The van der Waals surface area contributed by atoms with Crippen molar-refractivity contribution >= 4 is 141 Å². The maximum Gasteiger partial charge on any atom is 0.256 e. The number of anilines is 9. The maximum absolute atomic E-state index is 17.6. The standard InChI is InChI=1S/C74H46B2F3N5O/c1-43-19-17-34-62-71(43)47-21-3-10-28-56(47)80(62)45-37-66-73-67(38-45)83(60-32-14-8-26-54(60)78)64-42-65-52(41-51(64)75(73)49-23-5-12-30-58(49)82(66)59-31-13-7-25-53(59)77)76-50-24-6-16-36-69(50)85-70-40-46(39-68(74(70)76)84(65)61-33-15-9-27-55(61)79)81-57-29-11-4-22-48(57)72-44(2)20-18-35-63(72)81/h3-42H,1-2H3. The number of aryl methyl sites for hydroxylation is 2. The van der Waals surface area contributed by atoms with E-state index in [1.807, 2.05) is 60.7 Å². The first-order valence-electron chi connectivity index (χ1n) is 28.8. The van der Waals surface area contributed by atoms with Gasteiger partial charge in [-0.15, -0.1) is 0 Å². The molecular formula is C74H46B2F3N5O. The fourth-order valence-corrected chi connectivity index (χ4v) is 15.0. The van der Waals surface area contributed by atoms with Gasteiger partial charge < -0.3 is 28.6 Å². The van der Waals surface area contributed by atoms with Gasteiger partial charge in [0.15, 0.2) is 0 Å². The van der Waals surface area contributed by atoms with E-state index in [1.54, 1.807) is 18.2 Å². The summed E-state index contributed by atoms with van der Waals surface area (Å²) >= 11 is 0. The number of rotatable bonds is 5. The second kappa shape index (κ2) is 17.7. The molecule has 0 saturated heterocycles. The molecule has 2 aromatic heterocycles. The van der Waals surface area contributed by atoms with E-state index < -0.39 is 25.1 Å². The Labute approximate surface area is 488 Å². The molecule has 12 aromatic carbocycles. The Morgan fingerprint density at radius 2 is 0.718 bits per heavy atom. The quantitative estimate of drug-likeness (QED) is 0.161. The number of hydrogen-bond acceptors (Lipinski definition) is 4. The Bertz CT molecular complexity index is 5260. The van der Waals surface area contributed by atoms with Crippen LogP contribution in [-0.4, -0.2) is 22.6 Å². The molecule has 0 saturated carbocycles. The summed E-state index contributed by atoms with van der Waals surface area (Å²) < 4.78 is 63.8. The van der Waals surface area contributed by atoms with Crippen LogP contribution in [0.3, 0.4) is 0 Å². The van der Waals surface area contributed by atoms with Crippen molar-refractivity contribution in [3.8, 4) is 22.9 Å². The minimum atomic E-state index is -0.457. The monoisotopic (exact) mass is 1100 g/mol. The van der Waals surface area contributed by atoms with Crippen LogP contribution in [0.1, 0.15) is 11.1 Å². The minimum absolute atomic E-state index is 0.326. The zero-order chi connectivity index (χ0) is 56.5. The van der Waals surface area contributed by atoms with Crippen molar-refractivity contribution in [2.75, 3.05) is 14.7 Å². The Morgan fingerprint density at radius 3 is 1.26 bits per heavy atom. The molecule has 400 valence electrons. The third kappa shape index (κ3) is 6.58.